The lowest BCUT2D eigenvalue weighted by Crippen LogP contribution is -2.42. The molecule has 0 aliphatic heterocycles. The summed E-state index contributed by atoms with van der Waals surface area (Å²) in [5.74, 6) is -0.922. The quantitative estimate of drug-likeness (QED) is 0.605. The number of ether oxygens (including phenoxy) is 1. The summed E-state index contributed by atoms with van der Waals surface area (Å²) in [6.07, 6.45) is 1.75. The van der Waals surface area contributed by atoms with Crippen molar-refractivity contribution in [3.63, 3.8) is 0 Å². The summed E-state index contributed by atoms with van der Waals surface area (Å²) in [6.45, 7) is 2.06. The SMILES string of the molecule is C[C@@H](C(=O)O)N(C)C(=O)CC(CNC(=O)OCC1c2ccccc2-c2ccccc21)C1CC1. The van der Waals surface area contributed by atoms with Gasteiger partial charge in [0, 0.05) is 25.9 Å². The highest BCUT2D eigenvalue weighted by Gasteiger charge is 2.35. The van der Waals surface area contributed by atoms with Crippen LogP contribution >= 0.6 is 0 Å². The van der Waals surface area contributed by atoms with E-state index in [1.807, 2.05) is 24.3 Å². The third-order valence-corrected chi connectivity index (χ3v) is 6.91. The van der Waals surface area contributed by atoms with Crippen molar-refractivity contribution in [2.75, 3.05) is 20.2 Å². The summed E-state index contributed by atoms with van der Waals surface area (Å²) in [4.78, 5) is 37.4. The van der Waals surface area contributed by atoms with E-state index in [9.17, 15) is 14.4 Å². The molecule has 7 heteroatoms. The van der Waals surface area contributed by atoms with E-state index in [0.29, 0.717) is 12.5 Å². The van der Waals surface area contributed by atoms with Crippen molar-refractivity contribution in [2.45, 2.75) is 38.1 Å². The third-order valence-electron chi connectivity index (χ3n) is 6.91. The molecule has 2 aliphatic carbocycles. The molecule has 174 valence electrons. The number of carboxylic acid groups (broad SMARTS) is 1. The number of hydrogen-bond acceptors (Lipinski definition) is 4. The highest BCUT2D eigenvalue weighted by Crippen LogP contribution is 2.44. The first kappa shape index (κ1) is 22.8. The predicted octanol–water partition coefficient (Wildman–Crippen LogP) is 3.87. The van der Waals surface area contributed by atoms with Gasteiger partial charge in [-0.1, -0.05) is 48.5 Å². The minimum Gasteiger partial charge on any atom is -0.480 e. The van der Waals surface area contributed by atoms with Gasteiger partial charge >= 0.3 is 12.1 Å². The van der Waals surface area contributed by atoms with Crippen molar-refractivity contribution in [1.29, 1.82) is 0 Å². The van der Waals surface area contributed by atoms with E-state index < -0.39 is 18.1 Å². The first-order chi connectivity index (χ1) is 15.9. The van der Waals surface area contributed by atoms with Gasteiger partial charge in [-0.2, -0.15) is 0 Å². The van der Waals surface area contributed by atoms with Crippen molar-refractivity contribution in [2.24, 2.45) is 11.8 Å². The molecule has 0 saturated heterocycles. The van der Waals surface area contributed by atoms with Crippen LogP contribution in [0.15, 0.2) is 48.5 Å². The van der Waals surface area contributed by atoms with Gasteiger partial charge in [0.25, 0.3) is 0 Å². The maximum atomic E-state index is 12.5. The lowest BCUT2D eigenvalue weighted by molar-refractivity contribution is -0.148. The zero-order chi connectivity index (χ0) is 23.5. The molecule has 2 aromatic carbocycles. The van der Waals surface area contributed by atoms with E-state index in [-0.39, 0.29) is 30.8 Å². The normalized spacial score (nSPS) is 16.3. The van der Waals surface area contributed by atoms with E-state index in [1.165, 1.54) is 30.0 Å². The summed E-state index contributed by atoms with van der Waals surface area (Å²) in [6, 6.07) is 15.5. The number of nitrogens with zero attached hydrogens (tertiary/aromatic N) is 1. The van der Waals surface area contributed by atoms with E-state index in [0.717, 1.165) is 24.0 Å². The molecule has 0 heterocycles. The molecule has 0 bridgehead atoms. The van der Waals surface area contributed by atoms with Crippen LogP contribution in [0.3, 0.4) is 0 Å². The van der Waals surface area contributed by atoms with Crippen molar-refractivity contribution in [3.05, 3.63) is 59.7 Å². The zero-order valence-electron chi connectivity index (χ0n) is 19.0. The number of rotatable bonds is 9. The van der Waals surface area contributed by atoms with E-state index in [4.69, 9.17) is 9.84 Å². The lowest BCUT2D eigenvalue weighted by atomic mass is 9.98. The molecule has 33 heavy (non-hydrogen) atoms. The predicted molar refractivity (Wildman–Crippen MR) is 124 cm³/mol. The Labute approximate surface area is 193 Å². The Balaban J connectivity index is 1.32. The molecule has 2 amide bonds. The first-order valence-corrected chi connectivity index (χ1v) is 11.4. The van der Waals surface area contributed by atoms with Gasteiger partial charge in [0.05, 0.1) is 0 Å². The maximum absolute atomic E-state index is 12.5. The van der Waals surface area contributed by atoms with Crippen molar-refractivity contribution >= 4 is 18.0 Å². The van der Waals surface area contributed by atoms with Crippen LogP contribution in [0.5, 0.6) is 0 Å². The molecule has 7 nitrogen and oxygen atoms in total. The van der Waals surface area contributed by atoms with Crippen LogP contribution in [0, 0.1) is 11.8 Å². The molecule has 1 saturated carbocycles. The molecule has 2 N–H and O–H groups in total. The highest BCUT2D eigenvalue weighted by atomic mass is 16.5. The average Bonchev–Trinajstić information content (AvgIpc) is 3.62. The number of carbonyl (C=O) groups is 3. The summed E-state index contributed by atoms with van der Waals surface area (Å²) in [5.41, 5.74) is 4.66. The van der Waals surface area contributed by atoms with Gasteiger partial charge in [-0.3, -0.25) is 4.79 Å². The Morgan fingerprint density at radius 2 is 1.64 bits per heavy atom. The van der Waals surface area contributed by atoms with Crippen LogP contribution in [0.4, 0.5) is 4.79 Å². The Morgan fingerprint density at radius 1 is 1.06 bits per heavy atom. The number of carboxylic acids is 1. The Morgan fingerprint density at radius 3 is 2.18 bits per heavy atom. The number of hydrogen-bond donors (Lipinski definition) is 2. The minimum absolute atomic E-state index is 0.00453. The summed E-state index contributed by atoms with van der Waals surface area (Å²) < 4.78 is 5.59. The number of benzene rings is 2. The second kappa shape index (κ2) is 9.65. The second-order valence-corrected chi connectivity index (χ2v) is 9.03. The number of carbonyl (C=O) groups excluding carboxylic acids is 2. The molecule has 0 radical (unpaired) electrons. The van der Waals surface area contributed by atoms with Crippen LogP contribution in [-0.4, -0.2) is 54.2 Å². The van der Waals surface area contributed by atoms with Crippen molar-refractivity contribution in [3.8, 4) is 11.1 Å². The number of nitrogens with one attached hydrogen (secondary N) is 1. The summed E-state index contributed by atoms with van der Waals surface area (Å²) in [7, 11) is 1.50. The standard InChI is InChI=1S/C26H30N2O5/c1-16(25(30)31)28(2)24(29)13-18(17-11-12-17)14-27-26(32)33-15-23-21-9-5-3-7-19(21)20-8-4-6-10-22(20)23/h3-10,16-18,23H,11-15H2,1-2H3,(H,27,32)(H,30,31)/t16-,18?/m0/s1. The molecule has 1 unspecified atom stereocenters. The largest absolute Gasteiger partial charge is 0.480 e. The second-order valence-electron chi connectivity index (χ2n) is 9.03. The van der Waals surface area contributed by atoms with Crippen LogP contribution in [0.1, 0.15) is 43.2 Å². The monoisotopic (exact) mass is 450 g/mol. The van der Waals surface area contributed by atoms with Gasteiger partial charge in [0.2, 0.25) is 5.91 Å². The Hall–Kier alpha value is -3.35. The van der Waals surface area contributed by atoms with Gasteiger partial charge in [-0.25, -0.2) is 9.59 Å². The van der Waals surface area contributed by atoms with E-state index in [2.05, 4.69) is 29.6 Å². The first-order valence-electron chi connectivity index (χ1n) is 11.4. The zero-order valence-corrected chi connectivity index (χ0v) is 19.0. The van der Waals surface area contributed by atoms with E-state index in [1.54, 1.807) is 0 Å². The van der Waals surface area contributed by atoms with E-state index >= 15 is 0 Å². The molecule has 2 aromatic rings. The molecule has 2 aliphatic rings. The maximum Gasteiger partial charge on any atom is 0.407 e. The van der Waals surface area contributed by atoms with Crippen LogP contribution in [-0.2, 0) is 14.3 Å². The fraction of sp³-hybridized carbons (Fsp3) is 0.423. The number of likely N-dealkylation sites (N-methyl/N-ethyl adjacent to an activating group) is 1. The molecular weight excluding hydrogens is 420 g/mol. The average molecular weight is 451 g/mol. The Kier molecular flexibility index (Phi) is 6.67. The third kappa shape index (κ3) is 5.02. The number of fused-ring (bicyclic) bond motifs is 3. The Bertz CT molecular complexity index is 1000. The molecule has 2 atom stereocenters. The molecule has 4 rings (SSSR count). The number of alkyl carbamates (subject to hydrolysis) is 1. The van der Waals surface area contributed by atoms with Gasteiger partial charge in [0.15, 0.2) is 0 Å². The van der Waals surface area contributed by atoms with Gasteiger partial charge in [-0.05, 0) is 53.9 Å². The summed E-state index contributed by atoms with van der Waals surface area (Å²) in [5, 5.41) is 12.0. The highest BCUT2D eigenvalue weighted by molar-refractivity contribution is 5.83. The minimum atomic E-state index is -1.04. The summed E-state index contributed by atoms with van der Waals surface area (Å²) >= 11 is 0. The van der Waals surface area contributed by atoms with Crippen molar-refractivity contribution < 1.29 is 24.2 Å². The molecule has 0 aromatic heterocycles. The smallest absolute Gasteiger partial charge is 0.407 e. The van der Waals surface area contributed by atoms with Crippen LogP contribution < -0.4 is 5.32 Å². The van der Waals surface area contributed by atoms with Gasteiger partial charge < -0.3 is 20.1 Å². The topological polar surface area (TPSA) is 95.9 Å². The van der Waals surface area contributed by atoms with Crippen LogP contribution in [0.2, 0.25) is 0 Å². The van der Waals surface area contributed by atoms with Gasteiger partial charge in [-0.15, -0.1) is 0 Å². The molecular formula is C26H30N2O5. The molecule has 0 spiro atoms. The number of amides is 2. The van der Waals surface area contributed by atoms with Gasteiger partial charge in [0.1, 0.15) is 12.6 Å². The van der Waals surface area contributed by atoms with Crippen LogP contribution in [0.25, 0.3) is 11.1 Å². The fourth-order valence-corrected chi connectivity index (χ4v) is 4.59. The fourth-order valence-electron chi connectivity index (χ4n) is 4.59. The molecule has 1 fully saturated rings. The lowest BCUT2D eigenvalue weighted by Gasteiger charge is -2.24. The van der Waals surface area contributed by atoms with Crippen molar-refractivity contribution in [1.82, 2.24) is 10.2 Å². The number of aliphatic carboxylic acids is 1.